The van der Waals surface area contributed by atoms with Crippen molar-refractivity contribution >= 4 is 13.9 Å². The smallest absolute Gasteiger partial charge is 0.288 e. The van der Waals surface area contributed by atoms with Crippen molar-refractivity contribution in [3.05, 3.63) is 0 Å². The van der Waals surface area contributed by atoms with Gasteiger partial charge in [-0.15, -0.1) is 0 Å². The second-order valence-electron chi connectivity index (χ2n) is 6.06. The Hall–Kier alpha value is -0.665. The lowest BCUT2D eigenvalue weighted by molar-refractivity contribution is 0.162. The first-order valence-corrected chi connectivity index (χ1v) is 7.90. The zero-order chi connectivity index (χ0) is 13.8. The third-order valence-electron chi connectivity index (χ3n) is 4.26. The van der Waals surface area contributed by atoms with Gasteiger partial charge in [-0.05, 0) is 33.0 Å². The quantitative estimate of drug-likeness (QED) is 0.714. The van der Waals surface area contributed by atoms with Gasteiger partial charge in [0.05, 0.1) is 13.9 Å². The summed E-state index contributed by atoms with van der Waals surface area (Å²) in [5.41, 5.74) is 0. The molecule has 1 heterocycles. The van der Waals surface area contributed by atoms with E-state index in [0.29, 0.717) is 12.1 Å². The summed E-state index contributed by atoms with van der Waals surface area (Å²) in [6, 6.07) is 1.66. The molecule has 0 aromatic rings. The van der Waals surface area contributed by atoms with Crippen LogP contribution in [0.5, 0.6) is 0 Å². The monoisotopic (exact) mass is 262 g/mol. The van der Waals surface area contributed by atoms with Gasteiger partial charge in [0.15, 0.2) is 0 Å². The zero-order valence-electron chi connectivity index (χ0n) is 12.6. The number of ether oxygens (including phenoxy) is 1. The summed E-state index contributed by atoms with van der Waals surface area (Å²) in [5, 5.41) is 0. The molecule has 0 aromatic carbocycles. The largest absolute Gasteiger partial charge is 0.460 e. The van der Waals surface area contributed by atoms with E-state index in [9.17, 15) is 0 Å². The number of nitrogens with zero attached hydrogens (tertiary/aromatic N) is 2. The highest BCUT2D eigenvalue weighted by Crippen LogP contribution is 2.35. The Labute approximate surface area is 119 Å². The Morgan fingerprint density at radius 2 is 1.95 bits per heavy atom. The van der Waals surface area contributed by atoms with E-state index >= 15 is 0 Å². The Bertz CT molecular complexity index is 319. The third-order valence-corrected chi connectivity index (χ3v) is 4.26. The van der Waals surface area contributed by atoms with Gasteiger partial charge >= 0.3 is 0 Å². The highest BCUT2D eigenvalue weighted by atomic mass is 16.5. The first kappa shape index (κ1) is 14.7. The molecule has 1 aliphatic carbocycles. The molecule has 4 heteroatoms. The fourth-order valence-electron chi connectivity index (χ4n) is 3.35. The fraction of sp³-hybridized carbons (Fsp3) is 0.933. The first-order chi connectivity index (χ1) is 9.15. The molecule has 3 nitrogen and oxygen atoms in total. The van der Waals surface area contributed by atoms with E-state index in [1.165, 1.54) is 32.1 Å². The molecule has 19 heavy (non-hydrogen) atoms. The van der Waals surface area contributed by atoms with Crippen LogP contribution in [-0.4, -0.2) is 43.5 Å². The second-order valence-corrected chi connectivity index (χ2v) is 6.06. The lowest BCUT2D eigenvalue weighted by Crippen LogP contribution is -2.42. The van der Waals surface area contributed by atoms with Crippen molar-refractivity contribution in [2.75, 3.05) is 6.54 Å². The van der Waals surface area contributed by atoms with Crippen molar-refractivity contribution in [1.82, 2.24) is 4.90 Å². The summed E-state index contributed by atoms with van der Waals surface area (Å²) in [6.07, 6.45) is 7.53. The Balaban J connectivity index is 2.22. The lowest BCUT2D eigenvalue weighted by atomic mass is 9.76. The second kappa shape index (κ2) is 6.67. The van der Waals surface area contributed by atoms with E-state index < -0.39 is 0 Å². The summed E-state index contributed by atoms with van der Waals surface area (Å²) < 4.78 is 6.13. The topological polar surface area (TPSA) is 24.8 Å². The molecule has 1 aliphatic heterocycles. The van der Waals surface area contributed by atoms with Gasteiger partial charge in [-0.1, -0.05) is 32.1 Å². The number of rotatable bonds is 2. The SMILES string of the molecule is [B]C1CCCCCCC2C1OC(=NCC)N2C(C)C. The molecule has 1 saturated heterocycles. The number of amidine groups is 1. The van der Waals surface area contributed by atoms with Gasteiger partial charge in [0.25, 0.3) is 6.02 Å². The molecule has 2 aliphatic rings. The summed E-state index contributed by atoms with van der Waals surface area (Å²) in [4.78, 5) is 6.89. The Morgan fingerprint density at radius 3 is 2.58 bits per heavy atom. The molecule has 3 atom stereocenters. The molecule has 2 fully saturated rings. The van der Waals surface area contributed by atoms with Crippen LogP contribution in [0.25, 0.3) is 0 Å². The number of aliphatic imine (C=N–C) groups is 1. The maximum absolute atomic E-state index is 6.37. The van der Waals surface area contributed by atoms with E-state index in [1.807, 2.05) is 0 Å². The predicted molar refractivity (Wildman–Crippen MR) is 80.8 cm³/mol. The molecular formula is C15H27BN2O. The molecule has 0 spiro atoms. The minimum atomic E-state index is 0.130. The van der Waals surface area contributed by atoms with Crippen molar-refractivity contribution < 1.29 is 4.74 Å². The van der Waals surface area contributed by atoms with E-state index in [1.54, 1.807) is 0 Å². The van der Waals surface area contributed by atoms with E-state index in [-0.39, 0.29) is 11.9 Å². The molecule has 0 bridgehead atoms. The van der Waals surface area contributed by atoms with E-state index in [4.69, 9.17) is 12.6 Å². The predicted octanol–water partition coefficient (Wildman–Crippen LogP) is 3.15. The lowest BCUT2D eigenvalue weighted by Gasteiger charge is -2.30. The van der Waals surface area contributed by atoms with Crippen molar-refractivity contribution in [2.45, 2.75) is 83.3 Å². The number of fused-ring (bicyclic) bond motifs is 1. The van der Waals surface area contributed by atoms with Crippen LogP contribution < -0.4 is 0 Å². The summed E-state index contributed by atoms with van der Waals surface area (Å²) >= 11 is 0. The van der Waals surface area contributed by atoms with Crippen molar-refractivity contribution in [2.24, 2.45) is 4.99 Å². The Kier molecular flexibility index (Phi) is 5.17. The van der Waals surface area contributed by atoms with Gasteiger partial charge in [-0.25, -0.2) is 4.99 Å². The maximum Gasteiger partial charge on any atom is 0.288 e. The van der Waals surface area contributed by atoms with Crippen LogP contribution in [0.2, 0.25) is 5.82 Å². The average molecular weight is 262 g/mol. The number of hydrogen-bond acceptors (Lipinski definition) is 2. The van der Waals surface area contributed by atoms with Crippen LogP contribution in [0.1, 0.15) is 59.3 Å². The number of hydrogen-bond donors (Lipinski definition) is 0. The molecular weight excluding hydrogens is 235 g/mol. The van der Waals surface area contributed by atoms with Crippen LogP contribution in [0.15, 0.2) is 4.99 Å². The minimum absolute atomic E-state index is 0.130. The molecule has 0 aromatic heterocycles. The van der Waals surface area contributed by atoms with Gasteiger partial charge in [0.2, 0.25) is 0 Å². The molecule has 0 amide bonds. The molecule has 3 unspecified atom stereocenters. The van der Waals surface area contributed by atoms with Crippen LogP contribution in [0, 0.1) is 0 Å². The van der Waals surface area contributed by atoms with Crippen molar-refractivity contribution in [3.63, 3.8) is 0 Å². The third kappa shape index (κ3) is 3.26. The first-order valence-electron chi connectivity index (χ1n) is 7.90. The standard InChI is InChI=1S/C15H27BN2O/c1-4-17-15-18(11(2)3)13-10-8-6-5-7-9-12(16)14(13)19-15/h11-14H,4-10H2,1-3H3. The zero-order valence-corrected chi connectivity index (χ0v) is 12.6. The van der Waals surface area contributed by atoms with Crippen LogP contribution in [0.4, 0.5) is 0 Å². The van der Waals surface area contributed by atoms with Crippen molar-refractivity contribution in [1.29, 1.82) is 0 Å². The average Bonchev–Trinajstić information content (AvgIpc) is 2.74. The summed E-state index contributed by atoms with van der Waals surface area (Å²) in [7, 11) is 6.37. The van der Waals surface area contributed by atoms with Crippen molar-refractivity contribution in [3.8, 4) is 0 Å². The molecule has 106 valence electrons. The van der Waals surface area contributed by atoms with E-state index in [0.717, 1.165) is 19.0 Å². The van der Waals surface area contributed by atoms with Crippen LogP contribution >= 0.6 is 0 Å². The van der Waals surface area contributed by atoms with E-state index in [2.05, 4.69) is 30.7 Å². The van der Waals surface area contributed by atoms with Gasteiger partial charge in [-0.3, -0.25) is 0 Å². The molecule has 0 N–H and O–H groups in total. The molecule has 2 rings (SSSR count). The van der Waals surface area contributed by atoms with Crippen LogP contribution in [0.3, 0.4) is 0 Å². The minimum Gasteiger partial charge on any atom is -0.460 e. The summed E-state index contributed by atoms with van der Waals surface area (Å²) in [5.74, 6) is 0.147. The highest BCUT2D eigenvalue weighted by molar-refractivity contribution is 6.12. The van der Waals surface area contributed by atoms with Gasteiger partial charge in [-0.2, -0.15) is 0 Å². The highest BCUT2D eigenvalue weighted by Gasteiger charge is 2.43. The van der Waals surface area contributed by atoms with Gasteiger partial charge in [0, 0.05) is 12.6 Å². The normalized spacial score (nSPS) is 34.6. The molecule has 1 saturated carbocycles. The molecule has 2 radical (unpaired) electrons. The Morgan fingerprint density at radius 1 is 1.26 bits per heavy atom. The maximum atomic E-state index is 6.37. The van der Waals surface area contributed by atoms with Gasteiger partial charge < -0.3 is 9.64 Å². The van der Waals surface area contributed by atoms with Gasteiger partial charge in [0.1, 0.15) is 6.10 Å². The summed E-state index contributed by atoms with van der Waals surface area (Å²) in [6.45, 7) is 7.26. The van der Waals surface area contributed by atoms with Crippen LogP contribution in [-0.2, 0) is 4.74 Å². The fourth-order valence-corrected chi connectivity index (χ4v) is 3.35.